The first-order chi connectivity index (χ1) is 10.8. The largest absolute Gasteiger partial charge is 0.294 e. The molecule has 0 radical (unpaired) electrons. The fourth-order valence-electron chi connectivity index (χ4n) is 2.48. The second-order valence-corrected chi connectivity index (χ2v) is 7.19. The van der Waals surface area contributed by atoms with Gasteiger partial charge in [-0.2, -0.15) is 0 Å². The Kier molecular flexibility index (Phi) is 3.56. The number of fused-ring (bicyclic) bond motifs is 1. The van der Waals surface area contributed by atoms with Crippen LogP contribution in [-0.4, -0.2) is 18.2 Å². The van der Waals surface area contributed by atoms with Gasteiger partial charge in [-0.25, -0.2) is 16.8 Å². The van der Waals surface area contributed by atoms with Crippen LogP contribution in [0.1, 0.15) is 22.8 Å². The minimum atomic E-state index is -3.87. The molecule has 1 aromatic heterocycles. The van der Waals surface area contributed by atoms with Crippen LogP contribution in [0.15, 0.2) is 53.6 Å². The molecule has 0 aliphatic rings. The van der Waals surface area contributed by atoms with Crippen molar-refractivity contribution >= 4 is 26.7 Å². The molecule has 0 fully saturated rings. The van der Waals surface area contributed by atoms with E-state index in [-0.39, 0.29) is 27.1 Å². The molecule has 118 valence electrons. The Bertz CT molecular complexity index is 1020. The Balaban J connectivity index is 2.31. The van der Waals surface area contributed by atoms with Gasteiger partial charge in [0.15, 0.2) is 5.78 Å². The molecule has 3 rings (SSSR count). The minimum Gasteiger partial charge on any atom is -0.294 e. The summed E-state index contributed by atoms with van der Waals surface area (Å²) in [6, 6.07) is 10.1. The maximum absolute atomic E-state index is 13.5. The summed E-state index contributed by atoms with van der Waals surface area (Å²) in [4.78, 5) is 11.9. The van der Waals surface area contributed by atoms with E-state index in [9.17, 15) is 17.6 Å². The van der Waals surface area contributed by atoms with Crippen LogP contribution in [0.3, 0.4) is 0 Å². The maximum atomic E-state index is 13.5. The third-order valence-electron chi connectivity index (χ3n) is 3.69. The minimum absolute atomic E-state index is 0.111. The average Bonchev–Trinajstić information content (AvgIpc) is 2.87. The van der Waals surface area contributed by atoms with E-state index in [1.165, 1.54) is 43.5 Å². The maximum Gasteiger partial charge on any atom is 0.268 e. The number of aromatic nitrogens is 1. The lowest BCUT2D eigenvalue weighted by Crippen LogP contribution is -2.12. The molecule has 0 unspecified atom stereocenters. The number of Topliss-reactive ketones (excluding diaryl/α,β-unsaturated/α-hetero) is 1. The number of ketones is 1. The van der Waals surface area contributed by atoms with Crippen molar-refractivity contribution in [3.8, 4) is 0 Å². The van der Waals surface area contributed by atoms with Crippen molar-refractivity contribution in [1.82, 2.24) is 3.97 Å². The molecular weight excluding hydrogens is 317 g/mol. The van der Waals surface area contributed by atoms with Crippen LogP contribution in [0.2, 0.25) is 0 Å². The number of carbonyl (C=O) groups is 1. The van der Waals surface area contributed by atoms with Crippen LogP contribution in [0.25, 0.3) is 10.9 Å². The van der Waals surface area contributed by atoms with Gasteiger partial charge in [-0.3, -0.25) is 4.79 Å². The van der Waals surface area contributed by atoms with Gasteiger partial charge in [0.05, 0.1) is 10.4 Å². The third-order valence-corrected chi connectivity index (χ3v) is 5.38. The Labute approximate surface area is 133 Å². The van der Waals surface area contributed by atoms with E-state index in [0.29, 0.717) is 0 Å². The fraction of sp³-hybridized carbons (Fsp3) is 0.118. The number of hydrogen-bond acceptors (Lipinski definition) is 3. The zero-order valence-corrected chi connectivity index (χ0v) is 13.4. The Hall–Kier alpha value is -2.47. The summed E-state index contributed by atoms with van der Waals surface area (Å²) in [6.07, 6.45) is 1.25. The van der Waals surface area contributed by atoms with Crippen LogP contribution >= 0.6 is 0 Å². The van der Waals surface area contributed by atoms with Gasteiger partial charge in [0.2, 0.25) is 0 Å². The molecule has 0 bridgehead atoms. The molecule has 0 N–H and O–H groups in total. The lowest BCUT2D eigenvalue weighted by atomic mass is 10.1. The van der Waals surface area contributed by atoms with Crippen LogP contribution in [0, 0.1) is 12.7 Å². The Morgan fingerprint density at radius 2 is 1.74 bits per heavy atom. The van der Waals surface area contributed by atoms with Gasteiger partial charge in [-0.05, 0) is 44.2 Å². The van der Waals surface area contributed by atoms with Crippen molar-refractivity contribution < 1.29 is 17.6 Å². The zero-order valence-electron chi connectivity index (χ0n) is 12.6. The van der Waals surface area contributed by atoms with Crippen molar-refractivity contribution in [3.05, 3.63) is 65.6 Å². The van der Waals surface area contributed by atoms with Gasteiger partial charge < -0.3 is 0 Å². The average molecular weight is 331 g/mol. The van der Waals surface area contributed by atoms with Crippen LogP contribution < -0.4 is 0 Å². The highest BCUT2D eigenvalue weighted by Gasteiger charge is 2.22. The Morgan fingerprint density at radius 1 is 1.09 bits per heavy atom. The zero-order chi connectivity index (χ0) is 16.8. The molecule has 1 heterocycles. The van der Waals surface area contributed by atoms with E-state index in [1.54, 1.807) is 12.1 Å². The van der Waals surface area contributed by atoms with Crippen molar-refractivity contribution in [2.24, 2.45) is 0 Å². The van der Waals surface area contributed by atoms with Gasteiger partial charge in [0.1, 0.15) is 5.82 Å². The van der Waals surface area contributed by atoms with Crippen LogP contribution in [0.5, 0.6) is 0 Å². The standard InChI is InChI=1S/C17H14FNO3S/c1-11-3-6-14(7-4-11)23(21,22)19-10-16(12(2)20)15-9-13(18)5-8-17(15)19/h3-10H,1-2H3. The van der Waals surface area contributed by atoms with E-state index in [1.807, 2.05) is 6.92 Å². The summed E-state index contributed by atoms with van der Waals surface area (Å²) >= 11 is 0. The number of benzene rings is 2. The van der Waals surface area contributed by atoms with Crippen molar-refractivity contribution in [1.29, 1.82) is 0 Å². The molecule has 0 saturated carbocycles. The predicted octanol–water partition coefficient (Wildman–Crippen LogP) is 3.53. The summed E-state index contributed by atoms with van der Waals surface area (Å²) in [5.74, 6) is -0.844. The number of rotatable bonds is 3. The quantitative estimate of drug-likeness (QED) is 0.690. The molecule has 0 atom stereocenters. The highest BCUT2D eigenvalue weighted by atomic mass is 32.2. The summed E-state index contributed by atoms with van der Waals surface area (Å²) < 4.78 is 40.2. The van der Waals surface area contributed by atoms with Gasteiger partial charge in [0.25, 0.3) is 10.0 Å². The summed E-state index contributed by atoms with van der Waals surface area (Å²) in [5, 5.41) is 0.285. The topological polar surface area (TPSA) is 56.1 Å². The highest BCUT2D eigenvalue weighted by molar-refractivity contribution is 7.90. The molecule has 23 heavy (non-hydrogen) atoms. The second kappa shape index (κ2) is 5.31. The first-order valence-corrected chi connectivity index (χ1v) is 8.38. The van der Waals surface area contributed by atoms with E-state index < -0.39 is 15.8 Å². The summed E-state index contributed by atoms with van der Waals surface area (Å²) in [7, 11) is -3.87. The van der Waals surface area contributed by atoms with E-state index >= 15 is 0 Å². The summed E-state index contributed by atoms with van der Waals surface area (Å²) in [6.45, 7) is 3.18. The van der Waals surface area contributed by atoms with Crippen molar-refractivity contribution in [3.63, 3.8) is 0 Å². The Morgan fingerprint density at radius 3 is 2.35 bits per heavy atom. The SMILES string of the molecule is CC(=O)c1cn(S(=O)(=O)c2ccc(C)cc2)c2ccc(F)cc12. The second-order valence-electron chi connectivity index (χ2n) is 5.37. The van der Waals surface area contributed by atoms with Crippen molar-refractivity contribution in [2.45, 2.75) is 18.7 Å². The number of hydrogen-bond donors (Lipinski definition) is 0. The highest BCUT2D eigenvalue weighted by Crippen LogP contribution is 2.27. The lowest BCUT2D eigenvalue weighted by molar-refractivity contribution is 0.101. The molecular formula is C17H14FNO3S. The van der Waals surface area contributed by atoms with Gasteiger partial charge in [0, 0.05) is 17.1 Å². The molecule has 3 aromatic rings. The number of carbonyl (C=O) groups excluding carboxylic acids is 1. The van der Waals surface area contributed by atoms with Crippen LogP contribution in [-0.2, 0) is 10.0 Å². The van der Waals surface area contributed by atoms with Gasteiger partial charge in [-0.15, -0.1) is 0 Å². The molecule has 4 nitrogen and oxygen atoms in total. The smallest absolute Gasteiger partial charge is 0.268 e. The number of halogens is 1. The first kappa shape index (κ1) is 15.4. The number of aryl methyl sites for hydroxylation is 1. The molecule has 0 saturated heterocycles. The lowest BCUT2D eigenvalue weighted by Gasteiger charge is -2.07. The van der Waals surface area contributed by atoms with Gasteiger partial charge in [-0.1, -0.05) is 17.7 Å². The van der Waals surface area contributed by atoms with Gasteiger partial charge >= 0.3 is 0 Å². The predicted molar refractivity (Wildman–Crippen MR) is 85.7 cm³/mol. The fourth-order valence-corrected chi connectivity index (χ4v) is 3.85. The number of nitrogens with zero attached hydrogens (tertiary/aromatic N) is 1. The molecule has 0 aliphatic carbocycles. The molecule has 2 aromatic carbocycles. The first-order valence-electron chi connectivity index (χ1n) is 6.94. The third kappa shape index (κ3) is 2.55. The van der Waals surface area contributed by atoms with E-state index in [0.717, 1.165) is 9.54 Å². The molecule has 0 aliphatic heterocycles. The normalized spacial score (nSPS) is 11.8. The molecule has 6 heteroatoms. The molecule has 0 amide bonds. The summed E-state index contributed by atoms with van der Waals surface area (Å²) in [5.41, 5.74) is 1.39. The monoisotopic (exact) mass is 331 g/mol. The van der Waals surface area contributed by atoms with Crippen LogP contribution in [0.4, 0.5) is 4.39 Å². The van der Waals surface area contributed by atoms with E-state index in [4.69, 9.17) is 0 Å². The van der Waals surface area contributed by atoms with Crippen molar-refractivity contribution in [2.75, 3.05) is 0 Å². The van der Waals surface area contributed by atoms with E-state index in [2.05, 4.69) is 0 Å². The molecule has 0 spiro atoms.